The Morgan fingerprint density at radius 2 is 2.36 bits per heavy atom. The molecule has 1 rings (SSSR count). The summed E-state index contributed by atoms with van der Waals surface area (Å²) in [4.78, 5) is 0. The lowest BCUT2D eigenvalue weighted by molar-refractivity contribution is 0.164. The van der Waals surface area contributed by atoms with E-state index in [9.17, 15) is 5.11 Å². The summed E-state index contributed by atoms with van der Waals surface area (Å²) in [6.07, 6.45) is 0.972. The van der Waals surface area contributed by atoms with E-state index in [4.69, 9.17) is 11.6 Å². The van der Waals surface area contributed by atoms with Crippen molar-refractivity contribution in [2.45, 2.75) is 26.5 Å². The first kappa shape index (κ1) is 11.5. The van der Waals surface area contributed by atoms with E-state index in [1.165, 1.54) is 0 Å². The molecule has 5 heteroatoms. The van der Waals surface area contributed by atoms with E-state index in [1.807, 2.05) is 13.8 Å². The van der Waals surface area contributed by atoms with E-state index in [-0.39, 0.29) is 0 Å². The van der Waals surface area contributed by atoms with Crippen LogP contribution in [0.5, 0.6) is 0 Å². The van der Waals surface area contributed by atoms with Gasteiger partial charge < -0.3 is 10.4 Å². The molecule has 1 unspecified atom stereocenters. The Balaban J connectivity index is 2.76. The third-order valence-electron chi connectivity index (χ3n) is 2.04. The fraction of sp³-hybridized carbons (Fsp3) is 0.667. The highest BCUT2D eigenvalue weighted by molar-refractivity contribution is 6.31. The van der Waals surface area contributed by atoms with Crippen LogP contribution in [0.15, 0.2) is 6.20 Å². The van der Waals surface area contributed by atoms with Crippen molar-refractivity contribution >= 4 is 11.6 Å². The lowest BCUT2D eigenvalue weighted by Gasteiger charge is -2.13. The standard InChI is InChI=1S/C9H16ClN3O/c1-3-11-6-8(14)9-7(10)5-12-13(9)4-2/h5,8,11,14H,3-4,6H2,1-2H3. The topological polar surface area (TPSA) is 50.1 Å². The molecule has 0 saturated carbocycles. The van der Waals surface area contributed by atoms with Crippen molar-refractivity contribution in [1.82, 2.24) is 15.1 Å². The van der Waals surface area contributed by atoms with Crippen LogP contribution in [0.3, 0.4) is 0 Å². The second kappa shape index (κ2) is 5.34. The zero-order valence-electron chi connectivity index (χ0n) is 8.50. The SMILES string of the molecule is CCNCC(O)c1c(Cl)cnn1CC. The molecule has 80 valence electrons. The van der Waals surface area contributed by atoms with E-state index in [0.29, 0.717) is 23.8 Å². The minimum atomic E-state index is -0.593. The van der Waals surface area contributed by atoms with Crippen LogP contribution in [0.2, 0.25) is 5.02 Å². The Kier molecular flexibility index (Phi) is 4.38. The van der Waals surface area contributed by atoms with Gasteiger partial charge in [0.05, 0.1) is 16.9 Å². The van der Waals surface area contributed by atoms with Crippen LogP contribution >= 0.6 is 11.6 Å². The maximum Gasteiger partial charge on any atom is 0.110 e. The molecule has 0 spiro atoms. The van der Waals surface area contributed by atoms with Crippen molar-refractivity contribution in [1.29, 1.82) is 0 Å². The molecule has 0 amide bonds. The van der Waals surface area contributed by atoms with Crippen molar-refractivity contribution in [3.8, 4) is 0 Å². The third kappa shape index (κ3) is 2.47. The maximum atomic E-state index is 9.83. The molecular weight excluding hydrogens is 202 g/mol. The average Bonchev–Trinajstić information content (AvgIpc) is 2.56. The van der Waals surface area contributed by atoms with Gasteiger partial charge in [-0.1, -0.05) is 18.5 Å². The van der Waals surface area contributed by atoms with E-state index < -0.39 is 6.10 Å². The highest BCUT2D eigenvalue weighted by atomic mass is 35.5. The summed E-state index contributed by atoms with van der Waals surface area (Å²) in [7, 11) is 0. The lowest BCUT2D eigenvalue weighted by Crippen LogP contribution is -2.23. The van der Waals surface area contributed by atoms with Crippen LogP contribution in [0.4, 0.5) is 0 Å². The van der Waals surface area contributed by atoms with Crippen molar-refractivity contribution in [3.05, 3.63) is 16.9 Å². The largest absolute Gasteiger partial charge is 0.385 e. The molecule has 14 heavy (non-hydrogen) atoms. The van der Waals surface area contributed by atoms with Crippen molar-refractivity contribution in [2.75, 3.05) is 13.1 Å². The Bertz CT molecular complexity index is 288. The average molecular weight is 218 g/mol. The number of hydrogen-bond acceptors (Lipinski definition) is 3. The molecule has 1 aromatic heterocycles. The number of aryl methyl sites for hydroxylation is 1. The van der Waals surface area contributed by atoms with Crippen LogP contribution < -0.4 is 5.32 Å². The number of nitrogens with zero attached hydrogens (tertiary/aromatic N) is 2. The molecule has 1 atom stereocenters. The molecule has 4 nitrogen and oxygen atoms in total. The second-order valence-corrected chi connectivity index (χ2v) is 3.42. The first-order chi connectivity index (χ1) is 6.70. The van der Waals surface area contributed by atoms with Gasteiger partial charge in [0.2, 0.25) is 0 Å². The summed E-state index contributed by atoms with van der Waals surface area (Å²) in [6.45, 7) is 6.00. The molecular formula is C9H16ClN3O. The Hall–Kier alpha value is -0.580. The summed E-state index contributed by atoms with van der Waals surface area (Å²) in [5.74, 6) is 0. The zero-order valence-corrected chi connectivity index (χ0v) is 9.25. The van der Waals surface area contributed by atoms with Crippen LogP contribution in [0, 0.1) is 0 Å². The zero-order chi connectivity index (χ0) is 10.6. The predicted molar refractivity (Wildman–Crippen MR) is 56.4 cm³/mol. The van der Waals surface area contributed by atoms with Gasteiger partial charge in [0, 0.05) is 13.1 Å². The smallest absolute Gasteiger partial charge is 0.110 e. The Morgan fingerprint density at radius 3 is 2.93 bits per heavy atom. The van der Waals surface area contributed by atoms with Gasteiger partial charge in [-0.2, -0.15) is 5.10 Å². The van der Waals surface area contributed by atoms with E-state index >= 15 is 0 Å². The van der Waals surface area contributed by atoms with E-state index in [2.05, 4.69) is 10.4 Å². The van der Waals surface area contributed by atoms with Crippen LogP contribution in [-0.4, -0.2) is 28.0 Å². The van der Waals surface area contributed by atoms with E-state index in [0.717, 1.165) is 6.54 Å². The summed E-state index contributed by atoms with van der Waals surface area (Å²) >= 11 is 5.93. The number of hydrogen-bond donors (Lipinski definition) is 2. The van der Waals surface area contributed by atoms with Gasteiger partial charge in [0.1, 0.15) is 6.10 Å². The number of aromatic nitrogens is 2. The summed E-state index contributed by atoms with van der Waals surface area (Å²) in [5.41, 5.74) is 0.690. The normalized spacial score (nSPS) is 13.1. The molecule has 0 aliphatic rings. The molecule has 0 fully saturated rings. The van der Waals surface area contributed by atoms with Crippen LogP contribution in [0.25, 0.3) is 0 Å². The molecule has 1 aromatic rings. The summed E-state index contributed by atoms with van der Waals surface area (Å²) < 4.78 is 1.71. The molecule has 0 saturated heterocycles. The summed E-state index contributed by atoms with van der Waals surface area (Å²) in [5, 5.41) is 17.5. The van der Waals surface area contributed by atoms with Crippen molar-refractivity contribution in [2.24, 2.45) is 0 Å². The third-order valence-corrected chi connectivity index (χ3v) is 2.33. The van der Waals surface area contributed by atoms with Crippen LogP contribution in [0.1, 0.15) is 25.6 Å². The first-order valence-electron chi connectivity index (χ1n) is 4.80. The van der Waals surface area contributed by atoms with Gasteiger partial charge in [0.25, 0.3) is 0 Å². The number of likely N-dealkylation sites (N-methyl/N-ethyl adjacent to an activating group) is 1. The van der Waals surface area contributed by atoms with E-state index in [1.54, 1.807) is 10.9 Å². The van der Waals surface area contributed by atoms with Crippen LogP contribution in [-0.2, 0) is 6.54 Å². The van der Waals surface area contributed by atoms with Gasteiger partial charge in [-0.3, -0.25) is 4.68 Å². The quantitative estimate of drug-likeness (QED) is 0.780. The molecule has 0 radical (unpaired) electrons. The Labute approximate surface area is 88.9 Å². The molecule has 0 aliphatic heterocycles. The van der Waals surface area contributed by atoms with Gasteiger partial charge in [-0.15, -0.1) is 0 Å². The van der Waals surface area contributed by atoms with Crippen molar-refractivity contribution < 1.29 is 5.11 Å². The first-order valence-corrected chi connectivity index (χ1v) is 5.18. The lowest BCUT2D eigenvalue weighted by atomic mass is 10.2. The van der Waals surface area contributed by atoms with Gasteiger partial charge in [-0.05, 0) is 13.5 Å². The summed E-state index contributed by atoms with van der Waals surface area (Å²) in [6, 6.07) is 0. The maximum absolute atomic E-state index is 9.83. The number of nitrogens with one attached hydrogen (secondary N) is 1. The number of aliphatic hydroxyl groups is 1. The monoisotopic (exact) mass is 217 g/mol. The minimum absolute atomic E-state index is 0.502. The predicted octanol–water partition coefficient (Wildman–Crippen LogP) is 1.20. The fourth-order valence-electron chi connectivity index (χ4n) is 1.33. The molecule has 2 N–H and O–H groups in total. The highest BCUT2D eigenvalue weighted by Crippen LogP contribution is 2.21. The Morgan fingerprint density at radius 1 is 1.64 bits per heavy atom. The van der Waals surface area contributed by atoms with Gasteiger partial charge in [-0.25, -0.2) is 0 Å². The molecule has 0 aliphatic carbocycles. The molecule has 1 heterocycles. The number of rotatable bonds is 5. The number of halogens is 1. The molecule has 0 aromatic carbocycles. The fourth-order valence-corrected chi connectivity index (χ4v) is 1.60. The minimum Gasteiger partial charge on any atom is -0.385 e. The highest BCUT2D eigenvalue weighted by Gasteiger charge is 2.16. The number of aliphatic hydroxyl groups excluding tert-OH is 1. The van der Waals surface area contributed by atoms with Gasteiger partial charge in [0.15, 0.2) is 0 Å². The second-order valence-electron chi connectivity index (χ2n) is 3.02. The molecule has 0 bridgehead atoms. The van der Waals surface area contributed by atoms with Crippen molar-refractivity contribution in [3.63, 3.8) is 0 Å². The van der Waals surface area contributed by atoms with Gasteiger partial charge >= 0.3 is 0 Å².